The van der Waals surface area contributed by atoms with Crippen molar-refractivity contribution in [1.29, 1.82) is 0 Å². The van der Waals surface area contributed by atoms with Gasteiger partial charge in [0.05, 0.1) is 5.60 Å². The highest BCUT2D eigenvalue weighted by molar-refractivity contribution is 4.71. The Bertz CT molecular complexity index is 132. The minimum absolute atomic E-state index is 0.00367. The summed E-state index contributed by atoms with van der Waals surface area (Å²) in [5.74, 6) is 0.700. The van der Waals surface area contributed by atoms with Crippen LogP contribution in [0.5, 0.6) is 0 Å². The molecule has 0 aromatic carbocycles. The lowest BCUT2D eigenvalue weighted by Crippen LogP contribution is -2.35. The number of hydrogen-bond donors (Lipinski definition) is 1. The molecule has 1 atom stereocenters. The van der Waals surface area contributed by atoms with Crippen LogP contribution < -0.4 is 5.32 Å². The van der Waals surface area contributed by atoms with Crippen molar-refractivity contribution in [3.8, 4) is 0 Å². The van der Waals surface area contributed by atoms with Crippen molar-refractivity contribution in [2.45, 2.75) is 52.7 Å². The fourth-order valence-electron chi connectivity index (χ4n) is 0.939. The molecular formula is C11H25NO. The molecule has 0 spiro atoms. The van der Waals surface area contributed by atoms with Gasteiger partial charge in [-0.25, -0.2) is 0 Å². The summed E-state index contributed by atoms with van der Waals surface area (Å²) in [6, 6.07) is 0.590. The molecule has 0 aliphatic heterocycles. The number of nitrogens with one attached hydrogen (secondary N) is 1. The van der Waals surface area contributed by atoms with E-state index in [1.54, 1.807) is 7.11 Å². The van der Waals surface area contributed by atoms with Gasteiger partial charge in [0.25, 0.3) is 0 Å². The van der Waals surface area contributed by atoms with Crippen LogP contribution in [0.4, 0.5) is 0 Å². The molecule has 0 rings (SSSR count). The molecule has 0 aromatic rings. The van der Waals surface area contributed by atoms with Gasteiger partial charge >= 0.3 is 0 Å². The molecule has 2 heteroatoms. The molecule has 1 unspecified atom stereocenters. The highest BCUT2D eigenvalue weighted by Crippen LogP contribution is 2.12. The predicted molar refractivity (Wildman–Crippen MR) is 58.0 cm³/mol. The fraction of sp³-hybridized carbons (Fsp3) is 1.00. The average molecular weight is 187 g/mol. The van der Waals surface area contributed by atoms with Gasteiger partial charge in [-0.3, -0.25) is 0 Å². The zero-order valence-corrected chi connectivity index (χ0v) is 9.98. The van der Waals surface area contributed by atoms with Gasteiger partial charge in [-0.15, -0.1) is 0 Å². The second-order valence-corrected chi connectivity index (χ2v) is 4.70. The van der Waals surface area contributed by atoms with E-state index in [0.29, 0.717) is 12.0 Å². The Labute approximate surface area is 83.1 Å². The smallest absolute Gasteiger partial charge is 0.0634 e. The molecule has 0 saturated heterocycles. The largest absolute Gasteiger partial charge is 0.379 e. The van der Waals surface area contributed by atoms with Gasteiger partial charge in [-0.05, 0) is 39.7 Å². The molecule has 13 heavy (non-hydrogen) atoms. The Kier molecular flexibility index (Phi) is 5.57. The summed E-state index contributed by atoms with van der Waals surface area (Å²) in [6.45, 7) is 12.0. The van der Waals surface area contributed by atoms with Crippen molar-refractivity contribution >= 4 is 0 Å². The number of ether oxygens (including phenoxy) is 1. The first kappa shape index (κ1) is 12.9. The molecule has 80 valence electrons. The number of rotatable bonds is 6. The third-order valence-corrected chi connectivity index (χ3v) is 2.75. The van der Waals surface area contributed by atoms with Crippen LogP contribution in [0.2, 0.25) is 0 Å². The van der Waals surface area contributed by atoms with Gasteiger partial charge < -0.3 is 10.1 Å². The molecule has 0 saturated carbocycles. The third-order valence-electron chi connectivity index (χ3n) is 2.75. The summed E-state index contributed by atoms with van der Waals surface area (Å²) in [5, 5.41) is 3.49. The summed E-state index contributed by atoms with van der Waals surface area (Å²) in [5.41, 5.74) is 0.00367. The van der Waals surface area contributed by atoms with Gasteiger partial charge in [0.1, 0.15) is 0 Å². The van der Waals surface area contributed by atoms with E-state index in [2.05, 4.69) is 39.9 Å². The van der Waals surface area contributed by atoms with E-state index in [9.17, 15) is 0 Å². The highest BCUT2D eigenvalue weighted by atomic mass is 16.5. The fourth-order valence-corrected chi connectivity index (χ4v) is 0.939. The molecule has 0 aromatic heterocycles. The van der Waals surface area contributed by atoms with Crippen molar-refractivity contribution in [1.82, 2.24) is 5.32 Å². The Morgan fingerprint density at radius 3 is 2.15 bits per heavy atom. The molecule has 0 aliphatic rings. The van der Waals surface area contributed by atoms with Crippen LogP contribution in [0.3, 0.4) is 0 Å². The van der Waals surface area contributed by atoms with Crippen LogP contribution in [-0.4, -0.2) is 25.3 Å². The Morgan fingerprint density at radius 1 is 1.23 bits per heavy atom. The maximum Gasteiger partial charge on any atom is 0.0634 e. The van der Waals surface area contributed by atoms with Gasteiger partial charge in [0.15, 0.2) is 0 Å². The molecule has 0 fully saturated rings. The van der Waals surface area contributed by atoms with Gasteiger partial charge in [-0.1, -0.05) is 13.8 Å². The van der Waals surface area contributed by atoms with Crippen LogP contribution in [0.15, 0.2) is 0 Å². The monoisotopic (exact) mass is 187 g/mol. The lowest BCUT2D eigenvalue weighted by atomic mass is 10.0. The van der Waals surface area contributed by atoms with Crippen LogP contribution in [0.1, 0.15) is 41.0 Å². The van der Waals surface area contributed by atoms with Crippen molar-refractivity contribution < 1.29 is 4.74 Å². The van der Waals surface area contributed by atoms with Crippen molar-refractivity contribution in [2.75, 3.05) is 13.7 Å². The van der Waals surface area contributed by atoms with Crippen LogP contribution in [0, 0.1) is 5.92 Å². The first-order valence-electron chi connectivity index (χ1n) is 5.17. The molecule has 0 bridgehead atoms. The molecular weight excluding hydrogens is 162 g/mol. The summed E-state index contributed by atoms with van der Waals surface area (Å²) >= 11 is 0. The van der Waals surface area contributed by atoms with Crippen LogP contribution >= 0.6 is 0 Å². The first-order chi connectivity index (χ1) is 5.89. The SMILES string of the molecule is COC(C)(C)CCNC(C)C(C)C. The summed E-state index contributed by atoms with van der Waals surface area (Å²) < 4.78 is 5.34. The average Bonchev–Trinajstić information content (AvgIpc) is 2.04. The van der Waals surface area contributed by atoms with Crippen LogP contribution in [0.25, 0.3) is 0 Å². The lowest BCUT2D eigenvalue weighted by Gasteiger charge is -2.25. The summed E-state index contributed by atoms with van der Waals surface area (Å²) in [7, 11) is 1.77. The number of methoxy groups -OCH3 is 1. The lowest BCUT2D eigenvalue weighted by molar-refractivity contribution is 0.0152. The zero-order chi connectivity index (χ0) is 10.5. The normalized spacial score (nSPS) is 15.0. The van der Waals surface area contributed by atoms with Gasteiger partial charge in [0, 0.05) is 13.2 Å². The number of hydrogen-bond acceptors (Lipinski definition) is 2. The van der Waals surface area contributed by atoms with E-state index in [1.807, 2.05) is 0 Å². The topological polar surface area (TPSA) is 21.3 Å². The second-order valence-electron chi connectivity index (χ2n) is 4.70. The first-order valence-corrected chi connectivity index (χ1v) is 5.17. The zero-order valence-electron chi connectivity index (χ0n) is 9.98. The second kappa shape index (κ2) is 5.61. The summed E-state index contributed by atoms with van der Waals surface area (Å²) in [4.78, 5) is 0. The molecule has 0 amide bonds. The van der Waals surface area contributed by atoms with E-state index >= 15 is 0 Å². The van der Waals surface area contributed by atoms with Crippen molar-refractivity contribution in [3.63, 3.8) is 0 Å². The Morgan fingerprint density at radius 2 is 1.77 bits per heavy atom. The molecule has 2 nitrogen and oxygen atoms in total. The van der Waals surface area contributed by atoms with Gasteiger partial charge in [0.2, 0.25) is 0 Å². The van der Waals surface area contributed by atoms with E-state index < -0.39 is 0 Å². The van der Waals surface area contributed by atoms with Crippen molar-refractivity contribution in [2.24, 2.45) is 5.92 Å². The molecule has 0 aliphatic carbocycles. The Hall–Kier alpha value is -0.0800. The highest BCUT2D eigenvalue weighted by Gasteiger charge is 2.16. The quantitative estimate of drug-likeness (QED) is 0.689. The standard InChI is InChI=1S/C11H25NO/c1-9(2)10(3)12-8-7-11(4,5)13-6/h9-10,12H,7-8H2,1-6H3. The molecule has 1 N–H and O–H groups in total. The molecule has 0 radical (unpaired) electrons. The Balaban J connectivity index is 3.56. The predicted octanol–water partition coefficient (Wildman–Crippen LogP) is 2.44. The van der Waals surface area contributed by atoms with E-state index in [4.69, 9.17) is 4.74 Å². The van der Waals surface area contributed by atoms with E-state index in [1.165, 1.54) is 0 Å². The maximum atomic E-state index is 5.34. The van der Waals surface area contributed by atoms with Crippen LogP contribution in [-0.2, 0) is 4.74 Å². The maximum absolute atomic E-state index is 5.34. The van der Waals surface area contributed by atoms with E-state index in [0.717, 1.165) is 13.0 Å². The van der Waals surface area contributed by atoms with Crippen molar-refractivity contribution in [3.05, 3.63) is 0 Å². The van der Waals surface area contributed by atoms with E-state index in [-0.39, 0.29) is 5.60 Å². The third kappa shape index (κ3) is 6.05. The molecule has 0 heterocycles. The minimum Gasteiger partial charge on any atom is -0.379 e. The summed E-state index contributed by atoms with van der Waals surface area (Å²) in [6.07, 6.45) is 1.06. The minimum atomic E-state index is 0.00367. The van der Waals surface area contributed by atoms with Gasteiger partial charge in [-0.2, -0.15) is 0 Å².